The molecule has 0 bridgehead atoms. The van der Waals surface area contributed by atoms with Crippen LogP contribution in [-0.4, -0.2) is 37.4 Å². The van der Waals surface area contributed by atoms with E-state index in [1.807, 2.05) is 37.3 Å². The van der Waals surface area contributed by atoms with Crippen LogP contribution in [0.1, 0.15) is 18.1 Å². The number of hydrogen-bond donors (Lipinski definition) is 1. The van der Waals surface area contributed by atoms with E-state index in [4.69, 9.17) is 19.9 Å². The first-order valence-electron chi connectivity index (χ1n) is 9.34. The number of hydrogen-bond acceptors (Lipinski definition) is 5. The smallest absolute Gasteiger partial charge is 0.325 e. The lowest BCUT2D eigenvalue weighted by Gasteiger charge is -2.31. The van der Waals surface area contributed by atoms with Crippen molar-refractivity contribution >= 4 is 5.97 Å². The van der Waals surface area contributed by atoms with Crippen LogP contribution in [0.3, 0.4) is 0 Å². The number of ether oxygens (including phenoxy) is 3. The van der Waals surface area contributed by atoms with Crippen molar-refractivity contribution in [2.45, 2.75) is 38.5 Å². The van der Waals surface area contributed by atoms with Gasteiger partial charge in [0.2, 0.25) is 0 Å². The molecular formula is C22H27NO4. The Bertz CT molecular complexity index is 732. The highest BCUT2D eigenvalue weighted by Crippen LogP contribution is 2.25. The van der Waals surface area contributed by atoms with E-state index in [0.717, 1.165) is 12.2 Å². The molecular weight excluding hydrogens is 342 g/mol. The van der Waals surface area contributed by atoms with E-state index in [1.165, 1.54) is 11.1 Å². The average Bonchev–Trinajstić information content (AvgIpc) is 2.71. The lowest BCUT2D eigenvalue weighted by atomic mass is 9.91. The number of rotatable bonds is 4. The van der Waals surface area contributed by atoms with Crippen LogP contribution < -0.4 is 10.5 Å². The highest BCUT2D eigenvalue weighted by molar-refractivity contribution is 5.75. The van der Waals surface area contributed by atoms with Gasteiger partial charge in [-0.25, -0.2) is 0 Å². The number of cyclic esters (lactones) is 1. The maximum atomic E-state index is 12.1. The number of benzene rings is 2. The van der Waals surface area contributed by atoms with Gasteiger partial charge in [0.1, 0.15) is 24.0 Å². The summed E-state index contributed by atoms with van der Waals surface area (Å²) in [5.41, 5.74) is 8.26. The summed E-state index contributed by atoms with van der Waals surface area (Å²) in [6, 6.07) is 17.2. The number of para-hydroxylation sites is 1. The Morgan fingerprint density at radius 3 is 2.48 bits per heavy atom. The highest BCUT2D eigenvalue weighted by atomic mass is 16.6. The Labute approximate surface area is 160 Å². The number of nitrogens with two attached hydrogens (primary N) is 1. The monoisotopic (exact) mass is 369 g/mol. The van der Waals surface area contributed by atoms with E-state index >= 15 is 0 Å². The minimum absolute atomic E-state index is 0.0148. The van der Waals surface area contributed by atoms with E-state index in [9.17, 15) is 4.79 Å². The van der Waals surface area contributed by atoms with E-state index in [1.54, 1.807) is 0 Å². The molecule has 1 heterocycles. The Hall–Kier alpha value is -2.37. The van der Waals surface area contributed by atoms with Crippen molar-refractivity contribution in [2.24, 2.45) is 11.7 Å². The SMILES string of the molecule is Cc1ccc(CC2COCC(N)C(=O)OC(C)C2Oc2ccccc2)cc1. The predicted molar refractivity (Wildman–Crippen MR) is 104 cm³/mol. The molecule has 0 aliphatic carbocycles. The first kappa shape index (κ1) is 19.4. The van der Waals surface area contributed by atoms with Crippen molar-refractivity contribution < 1.29 is 19.0 Å². The minimum atomic E-state index is -0.775. The standard InChI is InChI=1S/C22H27NO4/c1-15-8-10-17(11-9-15)12-18-13-25-14-20(23)22(24)26-16(2)21(18)27-19-6-4-3-5-7-19/h3-11,16,18,20-21H,12-14,23H2,1-2H3. The van der Waals surface area contributed by atoms with Crippen LogP contribution in [0.5, 0.6) is 5.75 Å². The second kappa shape index (κ2) is 9.02. The van der Waals surface area contributed by atoms with Gasteiger partial charge in [0.15, 0.2) is 0 Å². The van der Waals surface area contributed by atoms with Crippen molar-refractivity contribution in [3.05, 3.63) is 65.7 Å². The first-order valence-corrected chi connectivity index (χ1v) is 9.34. The van der Waals surface area contributed by atoms with Gasteiger partial charge in [0, 0.05) is 5.92 Å². The molecule has 4 unspecified atom stereocenters. The topological polar surface area (TPSA) is 70.8 Å². The molecule has 2 aromatic rings. The number of carbonyl (C=O) groups excluding carboxylic acids is 1. The molecule has 0 radical (unpaired) electrons. The molecule has 144 valence electrons. The summed E-state index contributed by atoms with van der Waals surface area (Å²) in [4.78, 5) is 12.1. The van der Waals surface area contributed by atoms with Gasteiger partial charge < -0.3 is 19.9 Å². The van der Waals surface area contributed by atoms with Crippen molar-refractivity contribution in [3.8, 4) is 5.75 Å². The summed E-state index contributed by atoms with van der Waals surface area (Å²) in [5.74, 6) is 0.295. The third kappa shape index (κ3) is 5.31. The van der Waals surface area contributed by atoms with Crippen LogP contribution in [0.4, 0.5) is 0 Å². The van der Waals surface area contributed by atoms with Gasteiger partial charge in [-0.3, -0.25) is 4.79 Å². The highest BCUT2D eigenvalue weighted by Gasteiger charge is 2.34. The van der Waals surface area contributed by atoms with Gasteiger partial charge >= 0.3 is 5.97 Å². The van der Waals surface area contributed by atoms with Crippen LogP contribution in [0.2, 0.25) is 0 Å². The molecule has 1 aliphatic rings. The number of carbonyl (C=O) groups is 1. The van der Waals surface area contributed by atoms with E-state index < -0.39 is 18.1 Å². The molecule has 5 nitrogen and oxygen atoms in total. The molecule has 5 heteroatoms. The predicted octanol–water partition coefficient (Wildman–Crippen LogP) is 2.89. The summed E-state index contributed by atoms with van der Waals surface area (Å²) >= 11 is 0. The third-order valence-electron chi connectivity index (χ3n) is 4.80. The van der Waals surface area contributed by atoms with Crippen LogP contribution in [-0.2, 0) is 20.7 Å². The average molecular weight is 369 g/mol. The molecule has 0 saturated carbocycles. The zero-order chi connectivity index (χ0) is 19.2. The molecule has 2 aromatic carbocycles. The van der Waals surface area contributed by atoms with Gasteiger partial charge in [0.25, 0.3) is 0 Å². The minimum Gasteiger partial charge on any atom is -0.486 e. The molecule has 1 saturated heterocycles. The van der Waals surface area contributed by atoms with Crippen LogP contribution in [0.15, 0.2) is 54.6 Å². The third-order valence-corrected chi connectivity index (χ3v) is 4.80. The summed E-state index contributed by atoms with van der Waals surface area (Å²) in [7, 11) is 0. The van der Waals surface area contributed by atoms with E-state index in [2.05, 4.69) is 31.2 Å². The summed E-state index contributed by atoms with van der Waals surface area (Å²) < 4.78 is 17.6. The Kier molecular flexibility index (Phi) is 6.48. The van der Waals surface area contributed by atoms with Crippen molar-refractivity contribution in [3.63, 3.8) is 0 Å². The van der Waals surface area contributed by atoms with Crippen molar-refractivity contribution in [1.29, 1.82) is 0 Å². The lowest BCUT2D eigenvalue weighted by molar-refractivity contribution is -0.155. The zero-order valence-corrected chi connectivity index (χ0v) is 15.8. The largest absolute Gasteiger partial charge is 0.486 e. The molecule has 27 heavy (non-hydrogen) atoms. The Balaban J connectivity index is 1.85. The molecule has 3 rings (SSSR count). The van der Waals surface area contributed by atoms with Gasteiger partial charge in [0.05, 0.1) is 13.2 Å². The maximum absolute atomic E-state index is 12.1. The Morgan fingerprint density at radius 1 is 1.07 bits per heavy atom. The van der Waals surface area contributed by atoms with E-state index in [-0.39, 0.29) is 18.6 Å². The zero-order valence-electron chi connectivity index (χ0n) is 15.8. The lowest BCUT2D eigenvalue weighted by Crippen LogP contribution is -2.43. The first-order chi connectivity index (χ1) is 13.0. The molecule has 0 aromatic heterocycles. The number of esters is 1. The molecule has 0 spiro atoms. The second-order valence-corrected chi connectivity index (χ2v) is 7.13. The van der Waals surface area contributed by atoms with Crippen LogP contribution >= 0.6 is 0 Å². The molecule has 0 amide bonds. The summed E-state index contributed by atoms with van der Waals surface area (Å²) in [5, 5.41) is 0. The molecule has 2 N–H and O–H groups in total. The Morgan fingerprint density at radius 2 is 1.78 bits per heavy atom. The summed E-state index contributed by atoms with van der Waals surface area (Å²) in [6.07, 6.45) is -0.0293. The van der Waals surface area contributed by atoms with Crippen LogP contribution in [0.25, 0.3) is 0 Å². The molecule has 1 fully saturated rings. The molecule has 1 aliphatic heterocycles. The fourth-order valence-electron chi connectivity index (χ4n) is 3.28. The van der Waals surface area contributed by atoms with E-state index in [0.29, 0.717) is 6.61 Å². The van der Waals surface area contributed by atoms with Crippen molar-refractivity contribution in [1.82, 2.24) is 0 Å². The quantitative estimate of drug-likeness (QED) is 0.839. The van der Waals surface area contributed by atoms with Gasteiger partial charge in [-0.15, -0.1) is 0 Å². The van der Waals surface area contributed by atoms with Gasteiger partial charge in [-0.2, -0.15) is 0 Å². The van der Waals surface area contributed by atoms with Crippen LogP contribution in [0, 0.1) is 12.8 Å². The fourth-order valence-corrected chi connectivity index (χ4v) is 3.28. The van der Waals surface area contributed by atoms with Gasteiger partial charge in [-0.05, 0) is 38.0 Å². The molecule has 4 atom stereocenters. The van der Waals surface area contributed by atoms with Gasteiger partial charge in [-0.1, -0.05) is 48.0 Å². The second-order valence-electron chi connectivity index (χ2n) is 7.13. The number of aryl methyl sites for hydroxylation is 1. The maximum Gasteiger partial charge on any atom is 0.325 e. The summed E-state index contributed by atoms with van der Waals surface area (Å²) in [6.45, 7) is 4.51. The van der Waals surface area contributed by atoms with Crippen molar-refractivity contribution in [2.75, 3.05) is 13.2 Å². The fraction of sp³-hybridized carbons (Fsp3) is 0.409. The normalized spacial score (nSPS) is 26.4.